The van der Waals surface area contributed by atoms with Crippen molar-refractivity contribution in [3.05, 3.63) is 23.5 Å². The molecule has 0 heterocycles. The van der Waals surface area contributed by atoms with Gasteiger partial charge in [0.25, 0.3) is 0 Å². The number of hydrogen-bond donors (Lipinski definition) is 4. The van der Waals surface area contributed by atoms with Gasteiger partial charge in [0.05, 0.1) is 6.42 Å². The standard InChI is InChI=1S/C8H8O7/c9-5(8(14)15)2-1-4(7(12)13)3-6(10)11/h1-2,9H,3H2,(H,10,11)(H,12,13)(H,14,15)/b4-1-,5-2+. The minimum Gasteiger partial charge on any atom is -0.502 e. The Kier molecular flexibility index (Phi) is 4.59. The van der Waals surface area contributed by atoms with Crippen molar-refractivity contribution in [1.29, 1.82) is 0 Å². The fourth-order valence-corrected chi connectivity index (χ4v) is 0.620. The molecular weight excluding hydrogens is 208 g/mol. The Morgan fingerprint density at radius 2 is 1.40 bits per heavy atom. The molecule has 0 bridgehead atoms. The second kappa shape index (κ2) is 5.43. The minimum absolute atomic E-state index is 0.532. The van der Waals surface area contributed by atoms with Crippen LogP contribution in [0.2, 0.25) is 0 Å². The van der Waals surface area contributed by atoms with E-state index in [1.807, 2.05) is 0 Å². The van der Waals surface area contributed by atoms with E-state index in [0.29, 0.717) is 6.08 Å². The Hall–Kier alpha value is -2.31. The molecule has 0 atom stereocenters. The molecular formula is C8H8O7. The summed E-state index contributed by atoms with van der Waals surface area (Å²) >= 11 is 0. The van der Waals surface area contributed by atoms with Gasteiger partial charge in [0.1, 0.15) is 0 Å². The predicted molar refractivity (Wildman–Crippen MR) is 46.3 cm³/mol. The summed E-state index contributed by atoms with van der Waals surface area (Å²) in [6.07, 6.45) is 0.563. The summed E-state index contributed by atoms with van der Waals surface area (Å²) in [5.74, 6) is -5.57. The predicted octanol–water partition coefficient (Wildman–Crippen LogP) is -0.00140. The van der Waals surface area contributed by atoms with Gasteiger partial charge < -0.3 is 20.4 Å². The Morgan fingerprint density at radius 1 is 0.867 bits per heavy atom. The molecule has 0 unspecified atom stereocenters. The van der Waals surface area contributed by atoms with Crippen LogP contribution in [-0.2, 0) is 14.4 Å². The van der Waals surface area contributed by atoms with Gasteiger partial charge in [-0.3, -0.25) is 4.79 Å². The van der Waals surface area contributed by atoms with E-state index in [-0.39, 0.29) is 0 Å². The zero-order valence-electron chi connectivity index (χ0n) is 7.38. The zero-order valence-corrected chi connectivity index (χ0v) is 7.38. The fourth-order valence-electron chi connectivity index (χ4n) is 0.620. The van der Waals surface area contributed by atoms with Crippen molar-refractivity contribution in [2.24, 2.45) is 0 Å². The Bertz CT molecular complexity index is 350. The quantitative estimate of drug-likeness (QED) is 0.289. The van der Waals surface area contributed by atoms with Crippen LogP contribution in [0.15, 0.2) is 23.5 Å². The molecule has 0 aromatic carbocycles. The lowest BCUT2D eigenvalue weighted by atomic mass is 10.1. The molecule has 0 rings (SSSR count). The van der Waals surface area contributed by atoms with Gasteiger partial charge in [-0.05, 0) is 12.2 Å². The van der Waals surface area contributed by atoms with Gasteiger partial charge in [0.15, 0.2) is 0 Å². The molecule has 4 N–H and O–H groups in total. The van der Waals surface area contributed by atoms with E-state index in [1.54, 1.807) is 0 Å². The normalized spacial score (nSPS) is 12.3. The number of carboxylic acid groups (broad SMARTS) is 3. The lowest BCUT2D eigenvalue weighted by Gasteiger charge is -1.95. The third kappa shape index (κ3) is 5.09. The molecule has 0 saturated carbocycles. The van der Waals surface area contributed by atoms with Gasteiger partial charge in [0, 0.05) is 5.57 Å². The molecule has 15 heavy (non-hydrogen) atoms. The highest BCUT2D eigenvalue weighted by atomic mass is 16.4. The first-order valence-corrected chi connectivity index (χ1v) is 3.62. The Balaban J connectivity index is 4.85. The van der Waals surface area contributed by atoms with Gasteiger partial charge in [-0.25, -0.2) is 9.59 Å². The summed E-state index contributed by atoms with van der Waals surface area (Å²) in [5.41, 5.74) is -0.532. The van der Waals surface area contributed by atoms with E-state index in [1.165, 1.54) is 0 Å². The number of aliphatic hydroxyl groups is 1. The molecule has 0 aliphatic rings. The molecule has 0 radical (unpaired) electrons. The maximum Gasteiger partial charge on any atom is 0.370 e. The van der Waals surface area contributed by atoms with Crippen molar-refractivity contribution in [3.63, 3.8) is 0 Å². The van der Waals surface area contributed by atoms with Crippen LogP contribution in [0.4, 0.5) is 0 Å². The summed E-state index contributed by atoms with van der Waals surface area (Å²) in [4.78, 5) is 30.7. The first-order valence-electron chi connectivity index (χ1n) is 3.62. The average Bonchev–Trinajstić information content (AvgIpc) is 2.10. The van der Waals surface area contributed by atoms with Crippen molar-refractivity contribution >= 4 is 17.9 Å². The highest BCUT2D eigenvalue weighted by molar-refractivity contribution is 5.92. The van der Waals surface area contributed by atoms with Gasteiger partial charge in [-0.1, -0.05) is 0 Å². The van der Waals surface area contributed by atoms with Crippen molar-refractivity contribution in [3.8, 4) is 0 Å². The molecule has 7 heteroatoms. The third-order valence-corrected chi connectivity index (χ3v) is 1.28. The highest BCUT2D eigenvalue weighted by Crippen LogP contribution is 2.03. The number of rotatable bonds is 5. The number of hydrogen-bond acceptors (Lipinski definition) is 4. The maximum absolute atomic E-state index is 10.4. The number of aliphatic hydroxyl groups excluding tert-OH is 1. The number of carbonyl (C=O) groups is 3. The van der Waals surface area contributed by atoms with Gasteiger partial charge in [-0.15, -0.1) is 0 Å². The van der Waals surface area contributed by atoms with E-state index in [9.17, 15) is 14.4 Å². The summed E-state index contributed by atoms with van der Waals surface area (Å²) in [7, 11) is 0. The van der Waals surface area contributed by atoms with Gasteiger partial charge >= 0.3 is 17.9 Å². The lowest BCUT2D eigenvalue weighted by molar-refractivity contribution is -0.139. The second-order valence-corrected chi connectivity index (χ2v) is 2.42. The molecule has 0 aliphatic carbocycles. The first kappa shape index (κ1) is 12.7. The monoisotopic (exact) mass is 216 g/mol. The van der Waals surface area contributed by atoms with Gasteiger partial charge in [0.2, 0.25) is 5.76 Å². The molecule has 0 saturated heterocycles. The summed E-state index contributed by atoms with van der Waals surface area (Å²) < 4.78 is 0. The fraction of sp³-hybridized carbons (Fsp3) is 0.125. The van der Waals surface area contributed by atoms with Crippen LogP contribution in [0.3, 0.4) is 0 Å². The number of aliphatic carboxylic acids is 3. The molecule has 0 spiro atoms. The molecule has 7 nitrogen and oxygen atoms in total. The highest BCUT2D eigenvalue weighted by Gasteiger charge is 2.11. The molecule has 0 amide bonds. The van der Waals surface area contributed by atoms with Crippen LogP contribution in [0, 0.1) is 0 Å². The van der Waals surface area contributed by atoms with E-state index in [2.05, 4.69) is 0 Å². The SMILES string of the molecule is O=C(O)C/C(=C/C=C(/O)C(=O)O)C(=O)O. The van der Waals surface area contributed by atoms with Crippen LogP contribution in [0.1, 0.15) is 6.42 Å². The van der Waals surface area contributed by atoms with Crippen molar-refractivity contribution < 1.29 is 34.8 Å². The second-order valence-electron chi connectivity index (χ2n) is 2.42. The van der Waals surface area contributed by atoms with Crippen LogP contribution in [-0.4, -0.2) is 38.3 Å². The van der Waals surface area contributed by atoms with Crippen LogP contribution < -0.4 is 0 Å². The van der Waals surface area contributed by atoms with Crippen LogP contribution in [0.5, 0.6) is 0 Å². The summed E-state index contributed by atoms with van der Waals surface area (Å²) in [5, 5.41) is 33.7. The van der Waals surface area contributed by atoms with Crippen molar-refractivity contribution in [2.45, 2.75) is 6.42 Å². The summed E-state index contributed by atoms with van der Waals surface area (Å²) in [6, 6.07) is 0. The van der Waals surface area contributed by atoms with Gasteiger partial charge in [-0.2, -0.15) is 0 Å². The first-order chi connectivity index (χ1) is 6.84. The Labute approximate surface area is 83.6 Å². The van der Waals surface area contributed by atoms with E-state index < -0.39 is 35.7 Å². The average molecular weight is 216 g/mol. The molecule has 0 aliphatic heterocycles. The molecule has 0 fully saturated rings. The van der Waals surface area contributed by atoms with Crippen molar-refractivity contribution in [2.75, 3.05) is 0 Å². The smallest absolute Gasteiger partial charge is 0.370 e. The molecule has 82 valence electrons. The number of allylic oxidation sites excluding steroid dienone is 2. The largest absolute Gasteiger partial charge is 0.502 e. The number of carboxylic acids is 3. The Morgan fingerprint density at radius 3 is 1.73 bits per heavy atom. The van der Waals surface area contributed by atoms with Crippen LogP contribution in [0.25, 0.3) is 0 Å². The van der Waals surface area contributed by atoms with E-state index in [0.717, 1.165) is 6.08 Å². The van der Waals surface area contributed by atoms with Crippen LogP contribution >= 0.6 is 0 Å². The van der Waals surface area contributed by atoms with Crippen molar-refractivity contribution in [1.82, 2.24) is 0 Å². The maximum atomic E-state index is 10.4. The lowest BCUT2D eigenvalue weighted by Crippen LogP contribution is -2.06. The molecule has 0 aromatic rings. The zero-order chi connectivity index (χ0) is 12.0. The topological polar surface area (TPSA) is 132 Å². The van der Waals surface area contributed by atoms with E-state index in [4.69, 9.17) is 20.4 Å². The minimum atomic E-state index is -1.63. The summed E-state index contributed by atoms with van der Waals surface area (Å²) in [6.45, 7) is 0. The third-order valence-electron chi connectivity index (χ3n) is 1.28. The van der Waals surface area contributed by atoms with E-state index >= 15 is 0 Å². The molecule has 0 aromatic heterocycles.